The van der Waals surface area contributed by atoms with Gasteiger partial charge in [0, 0.05) is 11.0 Å². The number of hydrogen-bond acceptors (Lipinski definition) is 3. The highest BCUT2D eigenvalue weighted by Gasteiger charge is 2.25. The zero-order valence-electron chi connectivity index (χ0n) is 9.00. The number of fused-ring (bicyclic) bond motifs is 1. The molecule has 0 saturated carbocycles. The van der Waals surface area contributed by atoms with Gasteiger partial charge in [-0.2, -0.15) is 0 Å². The van der Waals surface area contributed by atoms with Gasteiger partial charge in [-0.3, -0.25) is 4.90 Å². The molecular weight excluding hydrogens is 272 g/mol. The highest BCUT2D eigenvalue weighted by Crippen LogP contribution is 2.35. The number of carbonyl (C=O) groups excluding carboxylic acids is 1. The Morgan fingerprint density at radius 3 is 3.00 bits per heavy atom. The normalized spacial score (nSPS) is 14.5. The maximum atomic E-state index is 11.6. The van der Waals surface area contributed by atoms with Crippen LogP contribution in [0.1, 0.15) is 12.0 Å². The quantitative estimate of drug-likeness (QED) is 0.745. The predicted molar refractivity (Wildman–Crippen MR) is 66.6 cm³/mol. The summed E-state index contributed by atoms with van der Waals surface area (Å²) in [7, 11) is 1.38. The van der Waals surface area contributed by atoms with E-state index in [1.165, 1.54) is 7.11 Å². The first-order chi connectivity index (χ1) is 7.63. The summed E-state index contributed by atoms with van der Waals surface area (Å²) in [4.78, 5) is 13.2. The van der Waals surface area contributed by atoms with Crippen molar-refractivity contribution in [3.8, 4) is 0 Å². The number of ether oxygens (including phenoxy) is 1. The predicted octanol–water partition coefficient (Wildman–Crippen LogP) is 2.55. The average molecular weight is 285 g/mol. The summed E-state index contributed by atoms with van der Waals surface area (Å²) in [5.41, 5.74) is 8.43. The number of benzene rings is 1. The number of carbonyl (C=O) groups is 1. The van der Waals surface area contributed by atoms with Crippen molar-refractivity contribution >= 4 is 33.4 Å². The smallest absolute Gasteiger partial charge is 0.414 e. The molecule has 0 aliphatic carbocycles. The van der Waals surface area contributed by atoms with Crippen molar-refractivity contribution in [1.29, 1.82) is 0 Å². The van der Waals surface area contributed by atoms with Gasteiger partial charge < -0.3 is 10.5 Å². The molecule has 5 heteroatoms. The van der Waals surface area contributed by atoms with Crippen LogP contribution < -0.4 is 10.6 Å². The monoisotopic (exact) mass is 284 g/mol. The lowest BCUT2D eigenvalue weighted by Crippen LogP contribution is -2.36. The van der Waals surface area contributed by atoms with E-state index in [4.69, 9.17) is 10.5 Å². The van der Waals surface area contributed by atoms with Crippen LogP contribution in [0.15, 0.2) is 16.6 Å². The van der Waals surface area contributed by atoms with Crippen LogP contribution in [-0.4, -0.2) is 19.7 Å². The van der Waals surface area contributed by atoms with E-state index >= 15 is 0 Å². The molecule has 1 heterocycles. The van der Waals surface area contributed by atoms with Crippen LogP contribution in [0, 0.1) is 0 Å². The highest BCUT2D eigenvalue weighted by molar-refractivity contribution is 9.10. The van der Waals surface area contributed by atoms with Crippen molar-refractivity contribution in [3.05, 3.63) is 22.2 Å². The number of hydrogen-bond donors (Lipinski definition) is 1. The van der Waals surface area contributed by atoms with E-state index < -0.39 is 0 Å². The molecule has 0 bridgehead atoms. The Kier molecular flexibility index (Phi) is 3.05. The van der Waals surface area contributed by atoms with Crippen LogP contribution in [-0.2, 0) is 11.2 Å². The molecule has 1 aromatic carbocycles. The summed E-state index contributed by atoms with van der Waals surface area (Å²) in [5.74, 6) is 0. The Hall–Kier alpha value is -1.23. The molecule has 0 unspecified atom stereocenters. The third-order valence-electron chi connectivity index (χ3n) is 2.68. The summed E-state index contributed by atoms with van der Waals surface area (Å²) in [6.07, 6.45) is 1.51. The van der Waals surface area contributed by atoms with Gasteiger partial charge in [-0.05, 0) is 30.5 Å². The second kappa shape index (κ2) is 4.33. The van der Waals surface area contributed by atoms with Gasteiger partial charge in [0.1, 0.15) is 0 Å². The molecule has 16 heavy (non-hydrogen) atoms. The molecule has 4 nitrogen and oxygen atoms in total. The van der Waals surface area contributed by atoms with Crippen LogP contribution >= 0.6 is 15.9 Å². The van der Waals surface area contributed by atoms with Crippen molar-refractivity contribution in [1.82, 2.24) is 0 Å². The van der Waals surface area contributed by atoms with Crippen molar-refractivity contribution in [2.75, 3.05) is 24.3 Å². The highest BCUT2D eigenvalue weighted by atomic mass is 79.9. The number of nitrogen functional groups attached to an aromatic ring is 1. The number of nitrogens with zero attached hydrogens (tertiary/aromatic N) is 1. The van der Waals surface area contributed by atoms with Crippen LogP contribution in [0.3, 0.4) is 0 Å². The summed E-state index contributed by atoms with van der Waals surface area (Å²) < 4.78 is 5.69. The van der Waals surface area contributed by atoms with E-state index in [9.17, 15) is 4.79 Å². The zero-order chi connectivity index (χ0) is 11.7. The zero-order valence-corrected chi connectivity index (χ0v) is 10.6. The minimum Gasteiger partial charge on any atom is -0.452 e. The summed E-state index contributed by atoms with van der Waals surface area (Å²) in [6.45, 7) is 0.658. The molecule has 0 radical (unpaired) electrons. The standard InChI is InChI=1S/C11H13BrN2O2/c1-16-11(15)14-4-2-3-7-5-8(12)6-9(13)10(7)14/h5-6H,2-4,13H2,1H3. The Morgan fingerprint density at radius 1 is 1.56 bits per heavy atom. The fourth-order valence-corrected chi connectivity index (χ4v) is 2.55. The molecular formula is C11H13BrN2O2. The largest absolute Gasteiger partial charge is 0.452 e. The SMILES string of the molecule is COC(=O)N1CCCc2cc(Br)cc(N)c21. The van der Waals surface area contributed by atoms with E-state index in [0.29, 0.717) is 12.2 Å². The molecule has 0 saturated heterocycles. The maximum Gasteiger partial charge on any atom is 0.414 e. The number of halogens is 1. The van der Waals surface area contributed by atoms with Crippen molar-refractivity contribution in [2.45, 2.75) is 12.8 Å². The number of rotatable bonds is 0. The molecule has 86 valence electrons. The van der Waals surface area contributed by atoms with E-state index in [0.717, 1.165) is 28.6 Å². The Bertz CT molecular complexity index is 434. The van der Waals surface area contributed by atoms with Gasteiger partial charge in [0.15, 0.2) is 0 Å². The second-order valence-electron chi connectivity index (χ2n) is 3.73. The van der Waals surface area contributed by atoms with Gasteiger partial charge in [0.25, 0.3) is 0 Å². The van der Waals surface area contributed by atoms with E-state index in [1.54, 1.807) is 11.0 Å². The van der Waals surface area contributed by atoms with Crippen LogP contribution in [0.5, 0.6) is 0 Å². The number of methoxy groups -OCH3 is 1. The molecule has 1 aliphatic heterocycles. The Morgan fingerprint density at radius 2 is 2.31 bits per heavy atom. The summed E-state index contributed by atoms with van der Waals surface area (Å²) >= 11 is 3.40. The first kappa shape index (κ1) is 11.3. The molecule has 1 amide bonds. The van der Waals surface area contributed by atoms with Crippen molar-refractivity contribution in [3.63, 3.8) is 0 Å². The van der Waals surface area contributed by atoms with Crippen molar-refractivity contribution < 1.29 is 9.53 Å². The third kappa shape index (κ3) is 1.87. The second-order valence-corrected chi connectivity index (χ2v) is 4.64. The average Bonchev–Trinajstić information content (AvgIpc) is 2.26. The van der Waals surface area contributed by atoms with E-state index in [-0.39, 0.29) is 6.09 Å². The van der Waals surface area contributed by atoms with E-state index in [1.807, 2.05) is 6.07 Å². The minimum atomic E-state index is -0.352. The molecule has 0 aromatic heterocycles. The van der Waals surface area contributed by atoms with Gasteiger partial charge in [-0.15, -0.1) is 0 Å². The number of anilines is 2. The summed E-state index contributed by atoms with van der Waals surface area (Å²) in [5, 5.41) is 0. The van der Waals surface area contributed by atoms with Crippen LogP contribution in [0.4, 0.5) is 16.2 Å². The molecule has 1 aromatic rings. The number of aryl methyl sites for hydroxylation is 1. The molecule has 2 N–H and O–H groups in total. The maximum absolute atomic E-state index is 11.6. The lowest BCUT2D eigenvalue weighted by molar-refractivity contribution is 0.178. The Balaban J connectivity index is 2.49. The molecule has 0 spiro atoms. The molecule has 0 atom stereocenters. The van der Waals surface area contributed by atoms with Crippen molar-refractivity contribution in [2.24, 2.45) is 0 Å². The molecule has 0 fully saturated rings. The summed E-state index contributed by atoms with van der Waals surface area (Å²) in [6, 6.07) is 3.81. The first-order valence-electron chi connectivity index (χ1n) is 5.07. The first-order valence-corrected chi connectivity index (χ1v) is 5.86. The lowest BCUT2D eigenvalue weighted by Gasteiger charge is -2.29. The topological polar surface area (TPSA) is 55.6 Å². The lowest BCUT2D eigenvalue weighted by atomic mass is 10.0. The minimum absolute atomic E-state index is 0.352. The van der Waals surface area contributed by atoms with Crippen LogP contribution in [0.2, 0.25) is 0 Å². The van der Waals surface area contributed by atoms with Crippen LogP contribution in [0.25, 0.3) is 0 Å². The van der Waals surface area contributed by atoms with E-state index in [2.05, 4.69) is 15.9 Å². The van der Waals surface area contributed by atoms with Gasteiger partial charge in [0.2, 0.25) is 0 Å². The van der Waals surface area contributed by atoms with Gasteiger partial charge in [-0.25, -0.2) is 4.79 Å². The fourth-order valence-electron chi connectivity index (χ4n) is 2.03. The fraction of sp³-hybridized carbons (Fsp3) is 0.364. The number of amides is 1. The van der Waals surface area contributed by atoms with Gasteiger partial charge >= 0.3 is 6.09 Å². The van der Waals surface area contributed by atoms with Gasteiger partial charge in [0.05, 0.1) is 18.5 Å². The van der Waals surface area contributed by atoms with Gasteiger partial charge in [-0.1, -0.05) is 15.9 Å². The Labute approximate surface area is 102 Å². The third-order valence-corrected chi connectivity index (χ3v) is 3.13. The number of nitrogens with two attached hydrogens (primary N) is 1. The molecule has 2 rings (SSSR count). The molecule has 1 aliphatic rings.